The number of amides is 1. The van der Waals surface area contributed by atoms with E-state index in [1.807, 2.05) is 0 Å². The molecular formula is C11H14N4OS. The Kier molecular flexibility index (Phi) is 3.38. The van der Waals surface area contributed by atoms with Crippen LogP contribution >= 0.6 is 11.5 Å². The van der Waals surface area contributed by atoms with Crippen LogP contribution in [0.5, 0.6) is 0 Å². The Bertz CT molecular complexity index is 456. The van der Waals surface area contributed by atoms with Crippen molar-refractivity contribution in [2.24, 2.45) is 0 Å². The molecule has 1 aromatic heterocycles. The molecule has 0 unspecified atom stereocenters. The van der Waals surface area contributed by atoms with E-state index in [9.17, 15) is 10.1 Å². The highest BCUT2D eigenvalue weighted by Gasteiger charge is 2.34. The molecule has 2 rings (SSSR count). The lowest BCUT2D eigenvalue weighted by molar-refractivity contribution is 0.0906. The molecule has 90 valence electrons. The third kappa shape index (κ3) is 2.44. The molecule has 17 heavy (non-hydrogen) atoms. The van der Waals surface area contributed by atoms with Crippen LogP contribution in [0.1, 0.15) is 47.5 Å². The fraction of sp³-hybridized carbons (Fsp3) is 0.636. The minimum absolute atomic E-state index is 0.221. The Morgan fingerprint density at radius 1 is 1.47 bits per heavy atom. The molecule has 0 saturated heterocycles. The molecule has 0 atom stereocenters. The summed E-state index contributed by atoms with van der Waals surface area (Å²) < 4.78 is 3.73. The van der Waals surface area contributed by atoms with E-state index in [1.54, 1.807) is 6.92 Å². The first-order chi connectivity index (χ1) is 8.17. The Balaban J connectivity index is 2.12. The van der Waals surface area contributed by atoms with E-state index in [0.29, 0.717) is 10.6 Å². The monoisotopic (exact) mass is 250 g/mol. The van der Waals surface area contributed by atoms with Gasteiger partial charge in [0.25, 0.3) is 5.91 Å². The van der Waals surface area contributed by atoms with Crippen LogP contribution in [0.25, 0.3) is 0 Å². The summed E-state index contributed by atoms with van der Waals surface area (Å²) >= 11 is 1.07. The predicted octanol–water partition coefficient (Wildman–Crippen LogP) is 1.80. The first kappa shape index (κ1) is 12.0. The summed E-state index contributed by atoms with van der Waals surface area (Å²) in [5, 5.41) is 15.9. The molecule has 0 aliphatic heterocycles. The van der Waals surface area contributed by atoms with E-state index in [2.05, 4.69) is 21.0 Å². The van der Waals surface area contributed by atoms with Crippen LogP contribution in [0, 0.1) is 18.3 Å². The first-order valence-electron chi connectivity index (χ1n) is 5.70. The fourth-order valence-electron chi connectivity index (χ4n) is 2.13. The van der Waals surface area contributed by atoms with Crippen LogP contribution < -0.4 is 5.32 Å². The molecule has 1 aliphatic rings. The van der Waals surface area contributed by atoms with E-state index in [0.717, 1.165) is 43.6 Å². The van der Waals surface area contributed by atoms with Crippen LogP contribution in [0.15, 0.2) is 0 Å². The van der Waals surface area contributed by atoms with Crippen molar-refractivity contribution in [3.05, 3.63) is 10.6 Å². The van der Waals surface area contributed by atoms with Gasteiger partial charge in [0, 0.05) is 0 Å². The van der Waals surface area contributed by atoms with Crippen LogP contribution in [0.3, 0.4) is 0 Å². The van der Waals surface area contributed by atoms with Crippen LogP contribution in [0.2, 0.25) is 0 Å². The molecule has 1 fully saturated rings. The second-order valence-corrected chi connectivity index (χ2v) is 5.15. The summed E-state index contributed by atoms with van der Waals surface area (Å²) in [6, 6.07) is 2.26. The summed E-state index contributed by atoms with van der Waals surface area (Å²) in [7, 11) is 0. The molecule has 1 aromatic rings. The van der Waals surface area contributed by atoms with Crippen molar-refractivity contribution < 1.29 is 4.79 Å². The van der Waals surface area contributed by atoms with E-state index < -0.39 is 5.54 Å². The number of nitrogens with zero attached hydrogens (tertiary/aromatic N) is 3. The van der Waals surface area contributed by atoms with Crippen molar-refractivity contribution in [1.29, 1.82) is 5.26 Å². The number of aromatic nitrogens is 2. The Morgan fingerprint density at radius 2 is 2.18 bits per heavy atom. The highest BCUT2D eigenvalue weighted by molar-refractivity contribution is 7.08. The zero-order valence-corrected chi connectivity index (χ0v) is 10.5. The third-order valence-corrected chi connectivity index (χ3v) is 3.96. The topological polar surface area (TPSA) is 78.7 Å². The molecule has 0 radical (unpaired) electrons. The van der Waals surface area contributed by atoms with Crippen molar-refractivity contribution in [1.82, 2.24) is 14.9 Å². The quantitative estimate of drug-likeness (QED) is 0.868. The maximum Gasteiger partial charge on any atom is 0.266 e. The standard InChI is InChI=1S/C11H14N4OS/c1-8-9(17-15-14-8)10(16)13-11(7-12)5-3-2-4-6-11/h2-6H2,1H3,(H,13,16). The summed E-state index contributed by atoms with van der Waals surface area (Å²) in [6.07, 6.45) is 4.60. The van der Waals surface area contributed by atoms with E-state index >= 15 is 0 Å². The van der Waals surface area contributed by atoms with Crippen molar-refractivity contribution in [3.63, 3.8) is 0 Å². The number of nitrogens with one attached hydrogen (secondary N) is 1. The Hall–Kier alpha value is -1.48. The molecule has 0 spiro atoms. The van der Waals surface area contributed by atoms with E-state index in [-0.39, 0.29) is 5.91 Å². The lowest BCUT2D eigenvalue weighted by atomic mass is 9.83. The predicted molar refractivity (Wildman–Crippen MR) is 63.5 cm³/mol. The molecule has 0 aromatic carbocycles. The van der Waals surface area contributed by atoms with Gasteiger partial charge in [0.2, 0.25) is 0 Å². The molecular weight excluding hydrogens is 236 g/mol. The van der Waals surface area contributed by atoms with Crippen molar-refractivity contribution in [2.45, 2.75) is 44.6 Å². The second kappa shape index (κ2) is 4.80. The number of nitriles is 1. The van der Waals surface area contributed by atoms with Gasteiger partial charge in [-0.2, -0.15) is 5.26 Å². The lowest BCUT2D eigenvalue weighted by Crippen LogP contribution is -2.48. The number of rotatable bonds is 2. The van der Waals surface area contributed by atoms with Crippen molar-refractivity contribution >= 4 is 17.4 Å². The first-order valence-corrected chi connectivity index (χ1v) is 6.47. The minimum Gasteiger partial charge on any atom is -0.333 e. The van der Waals surface area contributed by atoms with Gasteiger partial charge in [-0.15, -0.1) is 5.10 Å². The van der Waals surface area contributed by atoms with Crippen LogP contribution in [-0.2, 0) is 0 Å². The molecule has 1 saturated carbocycles. The van der Waals surface area contributed by atoms with Crippen LogP contribution in [0.4, 0.5) is 0 Å². The molecule has 5 nitrogen and oxygen atoms in total. The van der Waals surface area contributed by atoms with Gasteiger partial charge in [-0.25, -0.2) is 0 Å². The van der Waals surface area contributed by atoms with Gasteiger partial charge in [0.15, 0.2) is 0 Å². The SMILES string of the molecule is Cc1nnsc1C(=O)NC1(C#N)CCCCC1. The van der Waals surface area contributed by atoms with Gasteiger partial charge < -0.3 is 5.32 Å². The number of carbonyl (C=O) groups excluding carboxylic acids is 1. The molecule has 0 bridgehead atoms. The zero-order chi connectivity index (χ0) is 12.3. The van der Waals surface area contributed by atoms with Gasteiger partial charge >= 0.3 is 0 Å². The Morgan fingerprint density at radius 3 is 2.71 bits per heavy atom. The molecule has 6 heteroatoms. The fourth-order valence-corrected chi connectivity index (χ4v) is 2.69. The second-order valence-electron chi connectivity index (χ2n) is 4.40. The maximum atomic E-state index is 12.0. The maximum absolute atomic E-state index is 12.0. The van der Waals surface area contributed by atoms with Gasteiger partial charge in [-0.05, 0) is 31.3 Å². The molecule has 1 N–H and O–H groups in total. The van der Waals surface area contributed by atoms with E-state index in [4.69, 9.17) is 0 Å². The summed E-state index contributed by atoms with van der Waals surface area (Å²) in [5.41, 5.74) is -0.0671. The van der Waals surface area contributed by atoms with Gasteiger partial charge in [0.1, 0.15) is 10.4 Å². The average molecular weight is 250 g/mol. The molecule has 1 amide bonds. The van der Waals surface area contributed by atoms with Gasteiger partial charge in [-0.1, -0.05) is 23.8 Å². The number of hydrogen-bond donors (Lipinski definition) is 1. The largest absolute Gasteiger partial charge is 0.333 e. The third-order valence-electron chi connectivity index (χ3n) is 3.13. The van der Waals surface area contributed by atoms with Gasteiger partial charge in [0.05, 0.1) is 11.8 Å². The number of carbonyl (C=O) groups is 1. The average Bonchev–Trinajstić information content (AvgIpc) is 2.77. The van der Waals surface area contributed by atoms with Crippen molar-refractivity contribution in [2.75, 3.05) is 0 Å². The van der Waals surface area contributed by atoms with Crippen molar-refractivity contribution in [3.8, 4) is 6.07 Å². The van der Waals surface area contributed by atoms with Crippen LogP contribution in [-0.4, -0.2) is 21.0 Å². The zero-order valence-electron chi connectivity index (χ0n) is 9.69. The minimum atomic E-state index is -0.689. The summed E-state index contributed by atoms with van der Waals surface area (Å²) in [5.74, 6) is -0.221. The normalized spacial score (nSPS) is 18.4. The number of aryl methyl sites for hydroxylation is 1. The lowest BCUT2D eigenvalue weighted by Gasteiger charge is -2.31. The molecule has 1 heterocycles. The van der Waals surface area contributed by atoms with E-state index in [1.165, 1.54) is 0 Å². The van der Waals surface area contributed by atoms with Gasteiger partial charge in [-0.3, -0.25) is 4.79 Å². The highest BCUT2D eigenvalue weighted by Crippen LogP contribution is 2.28. The molecule has 1 aliphatic carbocycles. The smallest absolute Gasteiger partial charge is 0.266 e. The summed E-state index contributed by atoms with van der Waals surface area (Å²) in [6.45, 7) is 1.75. The highest BCUT2D eigenvalue weighted by atomic mass is 32.1. The Labute approximate surface area is 104 Å². The summed E-state index contributed by atoms with van der Waals surface area (Å²) in [4.78, 5) is 12.5. The number of hydrogen-bond acceptors (Lipinski definition) is 5.